The van der Waals surface area contributed by atoms with Crippen molar-refractivity contribution in [2.24, 2.45) is 0 Å². The summed E-state index contributed by atoms with van der Waals surface area (Å²) in [6.45, 7) is -0.189. The molecule has 100 valence electrons. The number of benzene rings is 2. The Morgan fingerprint density at radius 2 is 1.80 bits per heavy atom. The molecule has 1 amide bonds. The molecule has 2 aromatic carbocycles. The van der Waals surface area contributed by atoms with E-state index in [0.717, 1.165) is 5.56 Å². The Morgan fingerprint density at radius 3 is 2.45 bits per heavy atom. The van der Waals surface area contributed by atoms with Crippen LogP contribution in [0.15, 0.2) is 48.5 Å². The molecule has 3 N–H and O–H groups in total. The molecular weight excluding hydrogens is 254 g/mol. The highest BCUT2D eigenvalue weighted by molar-refractivity contribution is 6.06. The number of phenols is 1. The van der Waals surface area contributed by atoms with E-state index in [-0.39, 0.29) is 23.8 Å². The van der Waals surface area contributed by atoms with Crippen molar-refractivity contribution in [2.75, 3.05) is 11.9 Å². The van der Waals surface area contributed by atoms with E-state index in [1.54, 1.807) is 42.5 Å². The second-order valence-electron chi connectivity index (χ2n) is 4.01. The smallest absolute Gasteiger partial charge is 0.259 e. The number of anilines is 1. The number of hydrogen-bond donors (Lipinski definition) is 3. The van der Waals surface area contributed by atoms with Crippen LogP contribution in [0.5, 0.6) is 5.75 Å². The predicted molar refractivity (Wildman–Crippen MR) is 76.5 cm³/mol. The first-order chi connectivity index (χ1) is 9.70. The van der Waals surface area contributed by atoms with Crippen LogP contribution in [0.2, 0.25) is 0 Å². The Kier molecular flexibility index (Phi) is 4.38. The van der Waals surface area contributed by atoms with Crippen molar-refractivity contribution in [3.63, 3.8) is 0 Å². The van der Waals surface area contributed by atoms with E-state index in [0.29, 0.717) is 5.69 Å². The quantitative estimate of drug-likeness (QED) is 0.729. The molecule has 0 heterocycles. The van der Waals surface area contributed by atoms with Crippen LogP contribution in [0.4, 0.5) is 5.69 Å². The van der Waals surface area contributed by atoms with E-state index in [4.69, 9.17) is 5.11 Å². The van der Waals surface area contributed by atoms with Crippen LogP contribution in [-0.4, -0.2) is 22.7 Å². The van der Waals surface area contributed by atoms with Gasteiger partial charge in [-0.05, 0) is 36.4 Å². The summed E-state index contributed by atoms with van der Waals surface area (Å²) in [6.07, 6.45) is 0. The van der Waals surface area contributed by atoms with Crippen molar-refractivity contribution in [2.45, 2.75) is 0 Å². The summed E-state index contributed by atoms with van der Waals surface area (Å²) < 4.78 is 0. The Balaban J connectivity index is 2.11. The van der Waals surface area contributed by atoms with Crippen LogP contribution in [0, 0.1) is 11.8 Å². The average Bonchev–Trinajstić information content (AvgIpc) is 2.47. The number of hydrogen-bond acceptors (Lipinski definition) is 3. The molecular formula is C16H13NO3. The van der Waals surface area contributed by atoms with Gasteiger partial charge in [0.25, 0.3) is 5.91 Å². The van der Waals surface area contributed by atoms with Crippen molar-refractivity contribution in [3.8, 4) is 17.6 Å². The topological polar surface area (TPSA) is 69.6 Å². The first kappa shape index (κ1) is 13.7. The molecule has 0 saturated heterocycles. The Hall–Kier alpha value is -2.77. The summed E-state index contributed by atoms with van der Waals surface area (Å²) in [5.74, 6) is 4.87. The first-order valence-electron chi connectivity index (χ1n) is 6.00. The molecule has 0 atom stereocenters. The van der Waals surface area contributed by atoms with Gasteiger partial charge >= 0.3 is 0 Å². The SMILES string of the molecule is O=C(Nc1ccc(C#CCO)cc1)c1ccccc1O. The van der Waals surface area contributed by atoms with Gasteiger partial charge in [-0.15, -0.1) is 0 Å². The fraction of sp³-hybridized carbons (Fsp3) is 0.0625. The van der Waals surface area contributed by atoms with Gasteiger partial charge in [0.2, 0.25) is 0 Å². The number of aliphatic hydroxyl groups is 1. The number of amides is 1. The lowest BCUT2D eigenvalue weighted by molar-refractivity contribution is 0.102. The van der Waals surface area contributed by atoms with Gasteiger partial charge in [-0.25, -0.2) is 0 Å². The fourth-order valence-electron chi connectivity index (χ4n) is 1.64. The number of carbonyl (C=O) groups is 1. The maximum Gasteiger partial charge on any atom is 0.259 e. The minimum atomic E-state index is -0.378. The fourth-order valence-corrected chi connectivity index (χ4v) is 1.64. The molecule has 4 nitrogen and oxygen atoms in total. The molecule has 0 aliphatic heterocycles. The zero-order chi connectivity index (χ0) is 14.4. The summed E-state index contributed by atoms with van der Waals surface area (Å²) >= 11 is 0. The highest BCUT2D eigenvalue weighted by Crippen LogP contribution is 2.18. The van der Waals surface area contributed by atoms with Crippen molar-refractivity contribution in [1.29, 1.82) is 0 Å². The van der Waals surface area contributed by atoms with Gasteiger partial charge in [0.15, 0.2) is 0 Å². The normalized spacial score (nSPS) is 9.45. The summed E-state index contributed by atoms with van der Waals surface area (Å²) in [4.78, 5) is 12.0. The Bertz CT molecular complexity index is 666. The summed E-state index contributed by atoms with van der Waals surface area (Å²) in [5, 5.41) is 20.9. The number of para-hydroxylation sites is 1. The van der Waals surface area contributed by atoms with Gasteiger partial charge in [-0.2, -0.15) is 0 Å². The third-order valence-corrected chi connectivity index (χ3v) is 2.60. The van der Waals surface area contributed by atoms with Gasteiger partial charge in [0, 0.05) is 11.3 Å². The molecule has 0 aromatic heterocycles. The number of aliphatic hydroxyl groups excluding tert-OH is 1. The predicted octanol–water partition coefficient (Wildman–Crippen LogP) is 1.99. The molecule has 0 unspecified atom stereocenters. The molecule has 20 heavy (non-hydrogen) atoms. The van der Waals surface area contributed by atoms with Crippen molar-refractivity contribution in [3.05, 3.63) is 59.7 Å². The molecule has 0 bridgehead atoms. The molecule has 0 fully saturated rings. The highest BCUT2D eigenvalue weighted by Gasteiger charge is 2.09. The molecule has 0 spiro atoms. The van der Waals surface area contributed by atoms with Gasteiger partial charge in [0.05, 0.1) is 5.56 Å². The van der Waals surface area contributed by atoms with Crippen molar-refractivity contribution < 1.29 is 15.0 Å². The molecule has 2 aromatic rings. The maximum absolute atomic E-state index is 12.0. The van der Waals surface area contributed by atoms with E-state index < -0.39 is 0 Å². The van der Waals surface area contributed by atoms with Crippen LogP contribution in [0.3, 0.4) is 0 Å². The maximum atomic E-state index is 12.0. The average molecular weight is 267 g/mol. The van der Waals surface area contributed by atoms with Gasteiger partial charge < -0.3 is 15.5 Å². The molecule has 0 aliphatic carbocycles. The molecule has 0 radical (unpaired) electrons. The summed E-state index contributed by atoms with van der Waals surface area (Å²) in [7, 11) is 0. The number of aromatic hydroxyl groups is 1. The van der Waals surface area contributed by atoms with Gasteiger partial charge in [0.1, 0.15) is 12.4 Å². The van der Waals surface area contributed by atoms with E-state index >= 15 is 0 Å². The van der Waals surface area contributed by atoms with E-state index in [2.05, 4.69) is 17.2 Å². The number of rotatable bonds is 2. The van der Waals surface area contributed by atoms with Crippen LogP contribution >= 0.6 is 0 Å². The summed E-state index contributed by atoms with van der Waals surface area (Å²) in [5.41, 5.74) is 1.57. The second-order valence-corrected chi connectivity index (χ2v) is 4.01. The second kappa shape index (κ2) is 6.41. The zero-order valence-corrected chi connectivity index (χ0v) is 10.6. The third kappa shape index (κ3) is 3.37. The summed E-state index contributed by atoms with van der Waals surface area (Å²) in [6, 6.07) is 13.2. The lowest BCUT2D eigenvalue weighted by Crippen LogP contribution is -2.11. The van der Waals surface area contributed by atoms with Crippen LogP contribution < -0.4 is 5.32 Å². The monoisotopic (exact) mass is 267 g/mol. The lowest BCUT2D eigenvalue weighted by atomic mass is 10.1. The number of nitrogens with one attached hydrogen (secondary N) is 1. The van der Waals surface area contributed by atoms with Crippen LogP contribution in [0.1, 0.15) is 15.9 Å². The standard InChI is InChI=1S/C16H13NO3/c18-11-3-4-12-7-9-13(10-8-12)17-16(20)14-5-1-2-6-15(14)19/h1-2,5-10,18-19H,11H2,(H,17,20). The van der Waals surface area contributed by atoms with E-state index in [9.17, 15) is 9.90 Å². The minimum Gasteiger partial charge on any atom is -0.507 e. The number of phenolic OH excluding ortho intramolecular Hbond substituents is 1. The van der Waals surface area contributed by atoms with E-state index in [1.165, 1.54) is 6.07 Å². The largest absolute Gasteiger partial charge is 0.507 e. The zero-order valence-electron chi connectivity index (χ0n) is 10.6. The lowest BCUT2D eigenvalue weighted by Gasteiger charge is -2.06. The number of carbonyl (C=O) groups excluding carboxylic acids is 1. The molecule has 2 rings (SSSR count). The van der Waals surface area contributed by atoms with Gasteiger partial charge in [-0.1, -0.05) is 24.0 Å². The Labute approximate surface area is 116 Å². The molecule has 4 heteroatoms. The van der Waals surface area contributed by atoms with Crippen molar-refractivity contribution >= 4 is 11.6 Å². The van der Waals surface area contributed by atoms with Gasteiger partial charge in [-0.3, -0.25) is 4.79 Å². The van der Waals surface area contributed by atoms with E-state index in [1.807, 2.05) is 0 Å². The van der Waals surface area contributed by atoms with Crippen LogP contribution in [0.25, 0.3) is 0 Å². The Morgan fingerprint density at radius 1 is 1.10 bits per heavy atom. The van der Waals surface area contributed by atoms with Crippen molar-refractivity contribution in [1.82, 2.24) is 0 Å². The minimum absolute atomic E-state index is 0.0598. The first-order valence-corrected chi connectivity index (χ1v) is 6.00. The third-order valence-electron chi connectivity index (χ3n) is 2.60. The van der Waals surface area contributed by atoms with Crippen LogP contribution in [-0.2, 0) is 0 Å². The molecule has 0 saturated carbocycles. The molecule has 0 aliphatic rings. The highest BCUT2D eigenvalue weighted by atomic mass is 16.3.